The third kappa shape index (κ3) is 6.61. The van der Waals surface area contributed by atoms with Gasteiger partial charge in [0.05, 0.1) is 26.1 Å². The molecule has 0 aromatic carbocycles. The van der Waals surface area contributed by atoms with Gasteiger partial charge in [-0.3, -0.25) is 24.0 Å². The number of ether oxygens (including phenoxy) is 3. The molecule has 0 spiro atoms. The van der Waals surface area contributed by atoms with E-state index in [4.69, 9.17) is 24.5 Å². The molecule has 20 heteroatoms. The highest BCUT2D eigenvalue weighted by atomic mass is 32.7. The number of imidazole rings is 1. The van der Waals surface area contributed by atoms with Gasteiger partial charge in [0, 0.05) is 5.75 Å². The number of rotatable bonds is 12. The van der Waals surface area contributed by atoms with Crippen LogP contribution < -0.4 is 26.2 Å². The highest BCUT2D eigenvalue weighted by molar-refractivity contribution is 8.56. The van der Waals surface area contributed by atoms with E-state index in [0.29, 0.717) is 11.4 Å². The molecule has 2 saturated heterocycles. The largest absolute Gasteiger partial charge is 0.479 e. The molecule has 0 aliphatic carbocycles. The van der Waals surface area contributed by atoms with E-state index in [1.54, 1.807) is 13.8 Å². The average Bonchev–Trinajstić information content (AvgIpc) is 3.53. The molecule has 7 atom stereocenters. The number of nitrogens with zero attached hydrogens (tertiary/aromatic N) is 4. The molecular formula is C22H33N8O10PS. The summed E-state index contributed by atoms with van der Waals surface area (Å²) in [5, 5.41) is 29.3. The van der Waals surface area contributed by atoms with Crippen molar-refractivity contribution in [3.63, 3.8) is 0 Å². The van der Waals surface area contributed by atoms with E-state index in [2.05, 4.69) is 30.7 Å². The quantitative estimate of drug-likeness (QED) is 0.0972. The Kier molecular flexibility index (Phi) is 9.31. The van der Waals surface area contributed by atoms with Crippen molar-refractivity contribution in [2.45, 2.75) is 69.9 Å². The van der Waals surface area contributed by atoms with Gasteiger partial charge in [-0.1, -0.05) is 11.4 Å². The molecule has 2 fully saturated rings. The zero-order valence-electron chi connectivity index (χ0n) is 23.3. The Morgan fingerprint density at radius 3 is 2.69 bits per heavy atom. The molecule has 7 N–H and O–H groups in total. The summed E-state index contributed by atoms with van der Waals surface area (Å²) in [6.07, 6.45) is -3.16. The number of urea groups is 1. The summed E-state index contributed by atoms with van der Waals surface area (Å²) in [4.78, 5) is 48.2. The van der Waals surface area contributed by atoms with Crippen molar-refractivity contribution in [2.75, 3.05) is 25.2 Å². The van der Waals surface area contributed by atoms with Gasteiger partial charge in [-0.05, 0) is 27.7 Å². The number of nitrogens with two attached hydrogens (primary N) is 1. The Morgan fingerprint density at radius 2 is 2.07 bits per heavy atom. The number of methoxy groups -OCH3 is 1. The van der Waals surface area contributed by atoms with Crippen LogP contribution in [-0.2, 0) is 28.2 Å². The van der Waals surface area contributed by atoms with Crippen LogP contribution in [0.25, 0.3) is 11.2 Å². The van der Waals surface area contributed by atoms with E-state index in [9.17, 15) is 29.2 Å². The first kappa shape index (κ1) is 31.9. The van der Waals surface area contributed by atoms with Crippen molar-refractivity contribution < 1.29 is 47.9 Å². The maximum atomic E-state index is 13.9. The van der Waals surface area contributed by atoms with Crippen LogP contribution in [0.1, 0.15) is 33.9 Å². The summed E-state index contributed by atoms with van der Waals surface area (Å²) in [5.74, 6) is -1.53. The number of anilines is 1. The number of hydrogen-bond acceptors (Lipinski definition) is 15. The second kappa shape index (κ2) is 12.3. The number of carbonyl (C=O) groups excluding carboxylic acids is 3. The number of aliphatic hydroxyl groups is 2. The fraction of sp³-hybridized carbons (Fsp3) is 0.636. The lowest BCUT2D eigenvalue weighted by Gasteiger charge is -2.27. The summed E-state index contributed by atoms with van der Waals surface area (Å²) in [6.45, 7) is 1.48. The maximum Gasteiger partial charge on any atom is 0.327 e. The second-order valence-electron chi connectivity index (χ2n) is 10.1. The monoisotopic (exact) mass is 632 g/mol. The van der Waals surface area contributed by atoms with E-state index < -0.39 is 73.5 Å². The summed E-state index contributed by atoms with van der Waals surface area (Å²) in [6, 6.07) is -2.80. The minimum absolute atomic E-state index is 0.0932. The van der Waals surface area contributed by atoms with Crippen LogP contribution in [0.4, 0.5) is 10.7 Å². The molecule has 2 aromatic rings. The van der Waals surface area contributed by atoms with Gasteiger partial charge < -0.3 is 40.0 Å². The zero-order chi connectivity index (χ0) is 31.0. The highest BCUT2D eigenvalue weighted by Gasteiger charge is 2.54. The predicted molar refractivity (Wildman–Crippen MR) is 147 cm³/mol. The number of aliphatic hydroxyl groups excluding tert-OH is 1. The van der Waals surface area contributed by atoms with E-state index >= 15 is 0 Å². The molecule has 4 rings (SSSR count). The maximum absolute atomic E-state index is 13.9. The number of imide groups is 1. The Hall–Kier alpha value is -3.06. The number of amides is 3. The van der Waals surface area contributed by atoms with Crippen LogP contribution in [0.3, 0.4) is 0 Å². The van der Waals surface area contributed by atoms with E-state index in [1.165, 1.54) is 31.9 Å². The molecule has 2 aromatic heterocycles. The molecule has 3 amide bonds. The summed E-state index contributed by atoms with van der Waals surface area (Å²) in [7, 11) is 1.38. The zero-order valence-corrected chi connectivity index (χ0v) is 25.0. The normalized spacial score (nSPS) is 28.0. The number of fused-ring (bicyclic) bond motifs is 1. The lowest BCUT2D eigenvalue weighted by Crippen LogP contribution is -2.44. The molecular weight excluding hydrogens is 599 g/mol. The third-order valence-electron chi connectivity index (χ3n) is 6.34. The lowest BCUT2D eigenvalue weighted by atomic mass is 9.96. The van der Waals surface area contributed by atoms with Gasteiger partial charge in [-0.15, -0.1) is 0 Å². The Labute approximate surface area is 243 Å². The molecule has 2 aliphatic heterocycles. The van der Waals surface area contributed by atoms with Crippen molar-refractivity contribution in [1.29, 1.82) is 0 Å². The number of nitrogen functional groups attached to an aromatic ring is 1. The van der Waals surface area contributed by atoms with Crippen LogP contribution in [0.5, 0.6) is 5.88 Å². The van der Waals surface area contributed by atoms with Gasteiger partial charge in [0.25, 0.3) is 5.91 Å². The minimum Gasteiger partial charge on any atom is -0.479 e. The minimum atomic E-state index is -4.04. The van der Waals surface area contributed by atoms with E-state index in [-0.39, 0.29) is 28.7 Å². The molecule has 42 heavy (non-hydrogen) atoms. The van der Waals surface area contributed by atoms with Crippen LogP contribution in [0, 0.1) is 0 Å². The fourth-order valence-electron chi connectivity index (χ4n) is 4.25. The van der Waals surface area contributed by atoms with E-state index in [0.717, 1.165) is 0 Å². The van der Waals surface area contributed by atoms with Crippen molar-refractivity contribution in [1.82, 2.24) is 35.2 Å². The number of esters is 1. The Morgan fingerprint density at radius 1 is 1.36 bits per heavy atom. The first-order valence-corrected chi connectivity index (χ1v) is 16.0. The molecule has 0 radical (unpaired) electrons. The van der Waals surface area contributed by atoms with Crippen molar-refractivity contribution in [3.8, 4) is 5.88 Å². The van der Waals surface area contributed by atoms with Crippen LogP contribution in [0.2, 0.25) is 0 Å². The molecule has 4 heterocycles. The average molecular weight is 633 g/mol. The molecule has 0 bridgehead atoms. The van der Waals surface area contributed by atoms with Gasteiger partial charge >= 0.3 is 18.7 Å². The summed E-state index contributed by atoms with van der Waals surface area (Å²) in [5.41, 5.74) is 4.26. The van der Waals surface area contributed by atoms with Gasteiger partial charge in [0.2, 0.25) is 11.8 Å². The fourth-order valence-corrected chi connectivity index (χ4v) is 8.12. The molecule has 2 aliphatic rings. The molecule has 18 nitrogen and oxygen atoms in total. The first-order valence-electron chi connectivity index (χ1n) is 12.7. The van der Waals surface area contributed by atoms with Gasteiger partial charge in [0.1, 0.15) is 29.9 Å². The third-order valence-corrected chi connectivity index (χ3v) is 10.5. The Bertz CT molecular complexity index is 1410. The van der Waals surface area contributed by atoms with Gasteiger partial charge in [-0.2, -0.15) is 9.97 Å². The number of hydrogen-bond donors (Lipinski definition) is 6. The number of carbonyl (C=O) groups is 3. The highest BCUT2D eigenvalue weighted by Crippen LogP contribution is 2.57. The Balaban J connectivity index is 1.53. The van der Waals surface area contributed by atoms with Crippen molar-refractivity contribution >= 4 is 53.1 Å². The van der Waals surface area contributed by atoms with Crippen molar-refractivity contribution in [2.24, 2.45) is 0 Å². The first-order chi connectivity index (χ1) is 19.6. The molecule has 232 valence electrons. The summed E-state index contributed by atoms with van der Waals surface area (Å²) >= 11 is 0.661. The second-order valence-corrected chi connectivity index (χ2v) is 14.4. The van der Waals surface area contributed by atoms with Gasteiger partial charge in [-0.25, -0.2) is 14.9 Å². The number of nitrogens with one attached hydrogen (secondary N) is 3. The van der Waals surface area contributed by atoms with Crippen molar-refractivity contribution in [3.05, 3.63) is 6.33 Å². The molecule has 0 unspecified atom stereocenters. The molecule has 0 saturated carbocycles. The summed E-state index contributed by atoms with van der Waals surface area (Å²) < 4.78 is 37.2. The SMILES string of the molecule is COc1nc(N)nc2c1ncn2[C@@H]1O[C@H](CO[P@@](=O)(N[C@H](C)C(=O)OC(C)C)SC[C@H]2NC(=O)NC2=O)[C@@H](O)[C@@]1(C)O. The predicted octanol–water partition coefficient (Wildman–Crippen LogP) is -0.578. The van der Waals surface area contributed by atoms with Crippen LogP contribution >= 0.6 is 18.1 Å². The number of aromatic nitrogens is 4. The standard InChI is InChI=1S/C22H33N8O10PS/c1-9(2)39-18(33)10(3)29-41(36,42-7-11-16(32)27-21(34)25-11)38-6-12-14(31)22(4,35)19(40-12)30-8-24-13-15(30)26-20(23)28-17(13)37-5/h8-12,14,19,31,35H,6-7H2,1-5H3,(H,29,36)(H2,23,26,28)(H2,25,27,32,34)/t10-,11-,12-,14-,19-,22-,41+/m1/s1. The lowest BCUT2D eigenvalue weighted by molar-refractivity contribution is -0.149. The van der Waals surface area contributed by atoms with E-state index in [1.807, 2.05) is 0 Å². The van der Waals surface area contributed by atoms with Crippen LogP contribution in [-0.4, -0.2) is 103 Å². The topological polar surface area (TPSA) is 251 Å². The smallest absolute Gasteiger partial charge is 0.327 e. The van der Waals surface area contributed by atoms with Gasteiger partial charge in [0.15, 0.2) is 17.4 Å². The van der Waals surface area contributed by atoms with Crippen LogP contribution in [0.15, 0.2) is 6.33 Å².